The van der Waals surface area contributed by atoms with Crippen LogP contribution in [0, 0.1) is 5.41 Å². The van der Waals surface area contributed by atoms with Gasteiger partial charge in [0.2, 0.25) is 5.91 Å². The first kappa shape index (κ1) is 17.2. The van der Waals surface area contributed by atoms with E-state index in [9.17, 15) is 23.5 Å². The van der Waals surface area contributed by atoms with E-state index < -0.39 is 18.0 Å². The highest BCUT2D eigenvalue weighted by Gasteiger charge is 2.39. The third-order valence-electron chi connectivity index (χ3n) is 4.10. The van der Waals surface area contributed by atoms with E-state index in [0.717, 1.165) is 0 Å². The predicted molar refractivity (Wildman–Crippen MR) is 78.3 cm³/mol. The molecule has 7 heteroatoms. The molecule has 1 aliphatic heterocycles. The predicted octanol–water partition coefficient (Wildman–Crippen LogP) is 2.54. The van der Waals surface area contributed by atoms with Crippen molar-refractivity contribution in [1.29, 1.82) is 0 Å². The van der Waals surface area contributed by atoms with Crippen LogP contribution in [-0.4, -0.2) is 41.6 Å². The van der Waals surface area contributed by atoms with Gasteiger partial charge in [-0.15, -0.1) is 0 Å². The van der Waals surface area contributed by atoms with Crippen LogP contribution in [0.5, 0.6) is 5.75 Å². The number of hydrogen-bond acceptors (Lipinski definition) is 3. The molecule has 0 bridgehead atoms. The molecular formula is C16H19F2NO4. The van der Waals surface area contributed by atoms with Crippen LogP contribution in [0.2, 0.25) is 0 Å². The first-order valence-electron chi connectivity index (χ1n) is 7.36. The zero-order valence-electron chi connectivity index (χ0n) is 12.8. The molecule has 1 saturated heterocycles. The Morgan fingerprint density at radius 2 is 2.09 bits per heavy atom. The lowest BCUT2D eigenvalue weighted by Gasteiger charge is -2.37. The summed E-state index contributed by atoms with van der Waals surface area (Å²) in [4.78, 5) is 25.2. The maximum Gasteiger partial charge on any atom is 0.387 e. The molecule has 0 radical (unpaired) electrons. The zero-order valence-corrected chi connectivity index (χ0v) is 12.8. The van der Waals surface area contributed by atoms with Crippen molar-refractivity contribution >= 4 is 11.9 Å². The van der Waals surface area contributed by atoms with Crippen molar-refractivity contribution < 1.29 is 28.2 Å². The van der Waals surface area contributed by atoms with Gasteiger partial charge in [0.05, 0.1) is 11.8 Å². The molecule has 1 aromatic carbocycles. The monoisotopic (exact) mass is 327 g/mol. The minimum atomic E-state index is -2.96. The van der Waals surface area contributed by atoms with Gasteiger partial charge >= 0.3 is 12.6 Å². The minimum absolute atomic E-state index is 0.0335. The molecule has 0 spiro atoms. The molecule has 2 rings (SSSR count). The Hall–Kier alpha value is -2.18. The normalized spacial score (nSPS) is 21.3. The summed E-state index contributed by atoms with van der Waals surface area (Å²) < 4.78 is 29.2. The lowest BCUT2D eigenvalue weighted by molar-refractivity contribution is -0.153. The number of rotatable bonds is 5. The van der Waals surface area contributed by atoms with Crippen LogP contribution < -0.4 is 4.74 Å². The van der Waals surface area contributed by atoms with E-state index in [1.54, 1.807) is 25.1 Å². The standard InChI is InChI=1S/C16H19F2NO4/c1-16(14(21)22)7-4-8-19(10-16)13(20)9-11-5-2-3-6-12(11)23-15(17)18/h2-3,5-6,15H,4,7-10H2,1H3,(H,21,22). The first-order valence-corrected chi connectivity index (χ1v) is 7.36. The number of alkyl halides is 2. The van der Waals surface area contributed by atoms with Crippen molar-refractivity contribution in [2.75, 3.05) is 13.1 Å². The number of nitrogens with zero attached hydrogens (tertiary/aromatic N) is 1. The van der Waals surface area contributed by atoms with Gasteiger partial charge in [0.15, 0.2) is 0 Å². The quantitative estimate of drug-likeness (QED) is 0.902. The summed E-state index contributed by atoms with van der Waals surface area (Å²) in [5.74, 6) is -1.26. The topological polar surface area (TPSA) is 66.8 Å². The number of halogens is 2. The van der Waals surface area contributed by atoms with E-state index in [2.05, 4.69) is 4.74 Å². The average molecular weight is 327 g/mol. The van der Waals surface area contributed by atoms with Crippen LogP contribution in [0.3, 0.4) is 0 Å². The molecule has 1 atom stereocenters. The van der Waals surface area contributed by atoms with Gasteiger partial charge in [0, 0.05) is 18.7 Å². The Kier molecular flexibility index (Phi) is 5.18. The average Bonchev–Trinajstić information content (AvgIpc) is 2.48. The van der Waals surface area contributed by atoms with Gasteiger partial charge in [-0.05, 0) is 25.8 Å². The van der Waals surface area contributed by atoms with Gasteiger partial charge in [0.25, 0.3) is 0 Å². The molecule has 0 aliphatic carbocycles. The number of likely N-dealkylation sites (tertiary alicyclic amines) is 1. The molecule has 23 heavy (non-hydrogen) atoms. The van der Waals surface area contributed by atoms with Gasteiger partial charge in [-0.3, -0.25) is 9.59 Å². The number of amides is 1. The minimum Gasteiger partial charge on any atom is -0.481 e. The van der Waals surface area contributed by atoms with Crippen molar-refractivity contribution in [3.63, 3.8) is 0 Å². The van der Waals surface area contributed by atoms with Crippen molar-refractivity contribution in [2.45, 2.75) is 32.8 Å². The highest BCUT2D eigenvalue weighted by Crippen LogP contribution is 2.30. The number of piperidine rings is 1. The number of carboxylic acids is 1. The third-order valence-corrected chi connectivity index (χ3v) is 4.10. The number of para-hydroxylation sites is 1. The molecule has 5 nitrogen and oxygen atoms in total. The summed E-state index contributed by atoms with van der Waals surface area (Å²) in [5.41, 5.74) is -0.604. The van der Waals surface area contributed by atoms with E-state index in [1.165, 1.54) is 11.0 Å². The molecule has 0 aromatic heterocycles. The van der Waals surface area contributed by atoms with Crippen LogP contribution in [0.15, 0.2) is 24.3 Å². The maximum atomic E-state index is 12.4. The van der Waals surface area contributed by atoms with Gasteiger partial charge in [-0.2, -0.15) is 8.78 Å². The molecular weight excluding hydrogens is 308 g/mol. The van der Waals surface area contributed by atoms with Crippen LogP contribution in [0.25, 0.3) is 0 Å². The van der Waals surface area contributed by atoms with Crippen molar-refractivity contribution in [3.05, 3.63) is 29.8 Å². The number of carboxylic acid groups (broad SMARTS) is 1. The fraction of sp³-hybridized carbons (Fsp3) is 0.500. The van der Waals surface area contributed by atoms with E-state index in [1.807, 2.05) is 0 Å². The van der Waals surface area contributed by atoms with E-state index in [0.29, 0.717) is 24.9 Å². The molecule has 1 fully saturated rings. The highest BCUT2D eigenvalue weighted by atomic mass is 19.3. The Morgan fingerprint density at radius 1 is 1.39 bits per heavy atom. The van der Waals surface area contributed by atoms with Crippen molar-refractivity contribution in [3.8, 4) is 5.75 Å². The Morgan fingerprint density at radius 3 is 2.74 bits per heavy atom. The van der Waals surface area contributed by atoms with E-state index >= 15 is 0 Å². The van der Waals surface area contributed by atoms with Crippen LogP contribution in [0.4, 0.5) is 8.78 Å². The summed E-state index contributed by atoms with van der Waals surface area (Å²) in [6.07, 6.45) is 1.01. The summed E-state index contributed by atoms with van der Waals surface area (Å²) in [7, 11) is 0. The first-order chi connectivity index (χ1) is 10.8. The molecule has 1 aliphatic rings. The Bertz CT molecular complexity index is 593. The Balaban J connectivity index is 2.09. The molecule has 1 heterocycles. The zero-order chi connectivity index (χ0) is 17.0. The van der Waals surface area contributed by atoms with Gasteiger partial charge < -0.3 is 14.7 Å². The summed E-state index contributed by atoms with van der Waals surface area (Å²) in [6.45, 7) is -0.752. The molecule has 1 unspecified atom stereocenters. The van der Waals surface area contributed by atoms with Crippen LogP contribution >= 0.6 is 0 Å². The third kappa shape index (κ3) is 4.18. The molecule has 1 aromatic rings. The van der Waals surface area contributed by atoms with Crippen LogP contribution in [-0.2, 0) is 16.0 Å². The summed E-state index contributed by atoms with van der Waals surface area (Å²) >= 11 is 0. The fourth-order valence-electron chi connectivity index (χ4n) is 2.76. The number of carbonyl (C=O) groups excluding carboxylic acids is 1. The number of hydrogen-bond donors (Lipinski definition) is 1. The largest absolute Gasteiger partial charge is 0.481 e. The number of carbonyl (C=O) groups is 2. The van der Waals surface area contributed by atoms with E-state index in [-0.39, 0.29) is 24.6 Å². The van der Waals surface area contributed by atoms with Gasteiger partial charge in [-0.25, -0.2) is 0 Å². The number of ether oxygens (including phenoxy) is 1. The molecule has 1 N–H and O–H groups in total. The summed E-state index contributed by atoms with van der Waals surface area (Å²) in [6, 6.07) is 6.12. The number of benzene rings is 1. The van der Waals surface area contributed by atoms with Gasteiger partial charge in [-0.1, -0.05) is 18.2 Å². The fourth-order valence-corrected chi connectivity index (χ4v) is 2.76. The van der Waals surface area contributed by atoms with Crippen LogP contribution in [0.1, 0.15) is 25.3 Å². The number of aliphatic carboxylic acids is 1. The van der Waals surface area contributed by atoms with Crippen molar-refractivity contribution in [1.82, 2.24) is 4.90 Å². The lowest BCUT2D eigenvalue weighted by Crippen LogP contribution is -2.48. The molecule has 126 valence electrons. The second kappa shape index (κ2) is 6.93. The maximum absolute atomic E-state index is 12.4. The lowest BCUT2D eigenvalue weighted by atomic mass is 9.82. The second-order valence-electron chi connectivity index (χ2n) is 5.95. The van der Waals surface area contributed by atoms with Crippen molar-refractivity contribution in [2.24, 2.45) is 5.41 Å². The molecule has 0 saturated carbocycles. The van der Waals surface area contributed by atoms with Gasteiger partial charge in [0.1, 0.15) is 5.75 Å². The smallest absolute Gasteiger partial charge is 0.387 e. The highest BCUT2D eigenvalue weighted by molar-refractivity contribution is 5.81. The molecule has 1 amide bonds. The van der Waals surface area contributed by atoms with E-state index in [4.69, 9.17) is 0 Å². The Labute approximate surface area is 132 Å². The SMILES string of the molecule is CC1(C(=O)O)CCCN(C(=O)Cc2ccccc2OC(F)F)C1. The summed E-state index contributed by atoms with van der Waals surface area (Å²) in [5, 5.41) is 9.29. The second-order valence-corrected chi connectivity index (χ2v) is 5.95.